The molecule has 1 heterocycles. The lowest BCUT2D eigenvalue weighted by Gasteiger charge is -1.96. The Morgan fingerprint density at radius 1 is 1.50 bits per heavy atom. The van der Waals surface area contributed by atoms with E-state index in [1.807, 2.05) is 25.3 Å². The monoisotopic (exact) mass is 188 g/mol. The summed E-state index contributed by atoms with van der Waals surface area (Å²) in [4.78, 5) is 13.9. The summed E-state index contributed by atoms with van der Waals surface area (Å²) in [6, 6.07) is 6.10. The Kier molecular flexibility index (Phi) is 2.00. The molecule has 1 amide bonds. The van der Waals surface area contributed by atoms with Crippen LogP contribution in [-0.4, -0.2) is 10.9 Å². The van der Waals surface area contributed by atoms with Gasteiger partial charge in [-0.3, -0.25) is 4.79 Å². The average Bonchev–Trinajstić information content (AvgIpc) is 2.47. The molecule has 1 aromatic carbocycles. The molecule has 3 nitrogen and oxygen atoms in total. The molecular formula is C11H12N2O. The highest BCUT2D eigenvalue weighted by atomic mass is 16.1. The van der Waals surface area contributed by atoms with Crippen LogP contribution in [0.25, 0.3) is 10.9 Å². The second-order valence-corrected chi connectivity index (χ2v) is 3.51. The fourth-order valence-corrected chi connectivity index (χ4v) is 1.63. The summed E-state index contributed by atoms with van der Waals surface area (Å²) in [5.41, 5.74) is 8.37. The Bertz CT molecular complexity index is 485. The molecule has 0 fully saturated rings. The third-order valence-electron chi connectivity index (χ3n) is 2.29. The lowest BCUT2D eigenvalue weighted by molar-refractivity contribution is -0.117. The van der Waals surface area contributed by atoms with Gasteiger partial charge in [-0.15, -0.1) is 0 Å². The molecule has 2 aromatic rings. The number of primary amides is 1. The SMILES string of the molecule is Cc1ccc2c(CC(N)=O)c[nH]c2c1. The van der Waals surface area contributed by atoms with Crippen LogP contribution in [0.4, 0.5) is 0 Å². The lowest BCUT2D eigenvalue weighted by Crippen LogP contribution is -2.13. The molecule has 0 radical (unpaired) electrons. The Hall–Kier alpha value is -1.77. The number of hydrogen-bond acceptors (Lipinski definition) is 1. The molecule has 0 unspecified atom stereocenters. The highest BCUT2D eigenvalue weighted by molar-refractivity contribution is 5.88. The summed E-state index contributed by atoms with van der Waals surface area (Å²) in [5.74, 6) is -0.300. The van der Waals surface area contributed by atoms with Gasteiger partial charge in [0, 0.05) is 17.1 Å². The summed E-state index contributed by atoms with van der Waals surface area (Å²) in [6.45, 7) is 2.04. The molecule has 3 N–H and O–H groups in total. The van der Waals surface area contributed by atoms with E-state index < -0.39 is 0 Å². The second-order valence-electron chi connectivity index (χ2n) is 3.51. The number of aryl methyl sites for hydroxylation is 1. The van der Waals surface area contributed by atoms with Crippen LogP contribution in [-0.2, 0) is 11.2 Å². The molecule has 0 bridgehead atoms. The molecular weight excluding hydrogens is 176 g/mol. The maximum absolute atomic E-state index is 10.8. The first-order chi connectivity index (χ1) is 6.66. The van der Waals surface area contributed by atoms with Gasteiger partial charge in [0.2, 0.25) is 5.91 Å². The van der Waals surface area contributed by atoms with E-state index in [2.05, 4.69) is 11.1 Å². The Labute approximate surface area is 81.9 Å². The molecule has 0 saturated heterocycles. The molecule has 72 valence electrons. The maximum Gasteiger partial charge on any atom is 0.221 e. The minimum Gasteiger partial charge on any atom is -0.369 e. The quantitative estimate of drug-likeness (QED) is 0.737. The first-order valence-corrected chi connectivity index (χ1v) is 4.52. The number of carbonyl (C=O) groups is 1. The van der Waals surface area contributed by atoms with Gasteiger partial charge >= 0.3 is 0 Å². The van der Waals surface area contributed by atoms with Crippen LogP contribution in [0.2, 0.25) is 0 Å². The van der Waals surface area contributed by atoms with Gasteiger partial charge in [-0.1, -0.05) is 12.1 Å². The molecule has 0 aliphatic carbocycles. The predicted molar refractivity (Wildman–Crippen MR) is 55.9 cm³/mol. The van der Waals surface area contributed by atoms with Crippen LogP contribution in [0, 0.1) is 6.92 Å². The van der Waals surface area contributed by atoms with Crippen LogP contribution in [0.3, 0.4) is 0 Å². The van der Waals surface area contributed by atoms with Gasteiger partial charge in [0.05, 0.1) is 6.42 Å². The zero-order chi connectivity index (χ0) is 10.1. The smallest absolute Gasteiger partial charge is 0.221 e. The number of aromatic amines is 1. The van der Waals surface area contributed by atoms with E-state index in [9.17, 15) is 4.79 Å². The van der Waals surface area contributed by atoms with Gasteiger partial charge in [-0.25, -0.2) is 0 Å². The molecule has 0 atom stereocenters. The normalized spacial score (nSPS) is 10.6. The minimum atomic E-state index is -0.300. The van der Waals surface area contributed by atoms with Crippen LogP contribution in [0.5, 0.6) is 0 Å². The van der Waals surface area contributed by atoms with E-state index in [-0.39, 0.29) is 5.91 Å². The fourth-order valence-electron chi connectivity index (χ4n) is 1.63. The van der Waals surface area contributed by atoms with Crippen molar-refractivity contribution >= 4 is 16.8 Å². The molecule has 0 aliphatic heterocycles. The van der Waals surface area contributed by atoms with Crippen molar-refractivity contribution in [3.05, 3.63) is 35.5 Å². The van der Waals surface area contributed by atoms with Crippen molar-refractivity contribution < 1.29 is 4.79 Å². The van der Waals surface area contributed by atoms with Crippen molar-refractivity contribution in [2.75, 3.05) is 0 Å². The van der Waals surface area contributed by atoms with E-state index in [1.54, 1.807) is 0 Å². The number of amides is 1. The maximum atomic E-state index is 10.8. The van der Waals surface area contributed by atoms with Crippen molar-refractivity contribution in [2.45, 2.75) is 13.3 Å². The number of nitrogens with one attached hydrogen (secondary N) is 1. The van der Waals surface area contributed by atoms with E-state index in [4.69, 9.17) is 5.73 Å². The predicted octanol–water partition coefficient (Wildman–Crippen LogP) is 1.50. The van der Waals surface area contributed by atoms with E-state index in [1.165, 1.54) is 5.56 Å². The second kappa shape index (κ2) is 3.18. The van der Waals surface area contributed by atoms with Gasteiger partial charge in [-0.2, -0.15) is 0 Å². The van der Waals surface area contributed by atoms with Crippen molar-refractivity contribution in [2.24, 2.45) is 5.73 Å². The highest BCUT2D eigenvalue weighted by Crippen LogP contribution is 2.19. The molecule has 3 heteroatoms. The Balaban J connectivity index is 2.52. The number of benzene rings is 1. The van der Waals surface area contributed by atoms with Crippen molar-refractivity contribution in [1.29, 1.82) is 0 Å². The number of rotatable bonds is 2. The lowest BCUT2D eigenvalue weighted by atomic mass is 10.1. The first kappa shape index (κ1) is 8.81. The average molecular weight is 188 g/mol. The van der Waals surface area contributed by atoms with Crippen molar-refractivity contribution in [3.63, 3.8) is 0 Å². The number of hydrogen-bond donors (Lipinski definition) is 2. The first-order valence-electron chi connectivity index (χ1n) is 4.52. The zero-order valence-electron chi connectivity index (χ0n) is 8.00. The van der Waals surface area contributed by atoms with Gasteiger partial charge in [-0.05, 0) is 24.1 Å². The summed E-state index contributed by atoms with van der Waals surface area (Å²) >= 11 is 0. The number of H-pyrrole nitrogens is 1. The summed E-state index contributed by atoms with van der Waals surface area (Å²) in [6.07, 6.45) is 2.14. The van der Waals surface area contributed by atoms with Gasteiger partial charge in [0.1, 0.15) is 0 Å². The van der Waals surface area contributed by atoms with Crippen LogP contribution in [0.15, 0.2) is 24.4 Å². The summed E-state index contributed by atoms with van der Waals surface area (Å²) in [7, 11) is 0. The van der Waals surface area contributed by atoms with Crippen LogP contribution in [0.1, 0.15) is 11.1 Å². The highest BCUT2D eigenvalue weighted by Gasteiger charge is 2.05. The number of fused-ring (bicyclic) bond motifs is 1. The van der Waals surface area contributed by atoms with Crippen molar-refractivity contribution in [3.8, 4) is 0 Å². The standard InChI is InChI=1S/C11H12N2O/c1-7-2-3-9-8(5-11(12)14)6-13-10(9)4-7/h2-4,6,13H,5H2,1H3,(H2,12,14). The number of carbonyl (C=O) groups excluding carboxylic acids is 1. The van der Waals surface area contributed by atoms with Crippen LogP contribution < -0.4 is 5.73 Å². The van der Waals surface area contributed by atoms with Gasteiger partial charge < -0.3 is 10.7 Å². The molecule has 14 heavy (non-hydrogen) atoms. The Morgan fingerprint density at radius 3 is 3.00 bits per heavy atom. The van der Waals surface area contributed by atoms with Crippen LogP contribution >= 0.6 is 0 Å². The topological polar surface area (TPSA) is 58.9 Å². The van der Waals surface area contributed by atoms with Gasteiger partial charge in [0.15, 0.2) is 0 Å². The molecule has 1 aromatic heterocycles. The largest absolute Gasteiger partial charge is 0.369 e. The fraction of sp³-hybridized carbons (Fsp3) is 0.182. The van der Waals surface area contributed by atoms with Gasteiger partial charge in [0.25, 0.3) is 0 Å². The summed E-state index contributed by atoms with van der Waals surface area (Å²) in [5, 5.41) is 1.08. The third kappa shape index (κ3) is 1.48. The number of aromatic nitrogens is 1. The molecule has 0 saturated carbocycles. The minimum absolute atomic E-state index is 0.295. The Morgan fingerprint density at radius 2 is 2.29 bits per heavy atom. The third-order valence-corrected chi connectivity index (χ3v) is 2.29. The molecule has 0 aliphatic rings. The zero-order valence-corrected chi connectivity index (χ0v) is 8.00. The molecule has 2 rings (SSSR count). The van der Waals surface area contributed by atoms with E-state index in [0.29, 0.717) is 6.42 Å². The van der Waals surface area contributed by atoms with E-state index >= 15 is 0 Å². The van der Waals surface area contributed by atoms with Crippen molar-refractivity contribution in [1.82, 2.24) is 4.98 Å². The summed E-state index contributed by atoms with van der Waals surface area (Å²) < 4.78 is 0. The number of nitrogens with two attached hydrogens (primary N) is 1. The molecule has 0 spiro atoms. The van der Waals surface area contributed by atoms with E-state index in [0.717, 1.165) is 16.5 Å².